The second-order valence-corrected chi connectivity index (χ2v) is 5.88. The van der Waals surface area contributed by atoms with E-state index in [4.69, 9.17) is 14.9 Å². The molecular formula is C20H19N3O4. The number of hydrogen-bond donors (Lipinski definition) is 2. The Balaban J connectivity index is 1.79. The molecule has 0 aliphatic rings. The summed E-state index contributed by atoms with van der Waals surface area (Å²) in [6.07, 6.45) is 1.47. The molecule has 2 aromatic carbocycles. The summed E-state index contributed by atoms with van der Waals surface area (Å²) in [5.74, 6) is -0.171. The minimum Gasteiger partial charge on any atom is -0.497 e. The largest absolute Gasteiger partial charge is 0.497 e. The number of nitrogens with zero attached hydrogens (tertiary/aromatic N) is 1. The molecule has 7 heteroatoms. The van der Waals surface area contributed by atoms with Gasteiger partial charge in [0.2, 0.25) is 5.91 Å². The number of rotatable bonds is 7. The van der Waals surface area contributed by atoms with E-state index in [0.29, 0.717) is 17.1 Å². The summed E-state index contributed by atoms with van der Waals surface area (Å²) in [4.78, 5) is 28.4. The van der Waals surface area contributed by atoms with Crippen LogP contribution in [0.5, 0.6) is 5.75 Å². The highest BCUT2D eigenvalue weighted by Crippen LogP contribution is 2.25. The molecule has 0 aliphatic heterocycles. The lowest BCUT2D eigenvalue weighted by Gasteiger charge is -2.15. The third-order valence-electron chi connectivity index (χ3n) is 4.07. The Labute approximate surface area is 156 Å². The maximum atomic E-state index is 12.7. The van der Waals surface area contributed by atoms with Crippen molar-refractivity contribution in [2.45, 2.75) is 12.5 Å². The van der Waals surface area contributed by atoms with Gasteiger partial charge < -0.3 is 20.2 Å². The van der Waals surface area contributed by atoms with Gasteiger partial charge in [-0.3, -0.25) is 9.59 Å². The number of amides is 2. The number of nitrogens with one attached hydrogen (secondary N) is 1. The molecular weight excluding hydrogens is 346 g/mol. The van der Waals surface area contributed by atoms with Crippen LogP contribution in [0.1, 0.15) is 16.1 Å². The van der Waals surface area contributed by atoms with Crippen molar-refractivity contribution in [1.82, 2.24) is 10.3 Å². The van der Waals surface area contributed by atoms with Crippen molar-refractivity contribution in [3.8, 4) is 17.1 Å². The van der Waals surface area contributed by atoms with Gasteiger partial charge in [-0.15, -0.1) is 0 Å². The topological polar surface area (TPSA) is 107 Å². The summed E-state index contributed by atoms with van der Waals surface area (Å²) in [6.45, 7) is 0. The Kier molecular flexibility index (Phi) is 5.51. The third-order valence-corrected chi connectivity index (χ3v) is 4.07. The number of nitrogens with two attached hydrogens (primary N) is 1. The van der Waals surface area contributed by atoms with E-state index >= 15 is 0 Å². The number of benzene rings is 2. The minimum atomic E-state index is -0.861. The molecule has 0 fully saturated rings. The van der Waals surface area contributed by atoms with Gasteiger partial charge in [-0.1, -0.05) is 30.3 Å². The molecule has 0 aliphatic carbocycles. The van der Waals surface area contributed by atoms with Gasteiger partial charge in [-0.25, -0.2) is 4.98 Å². The summed E-state index contributed by atoms with van der Waals surface area (Å²) in [7, 11) is 1.57. The number of carbonyl (C=O) groups is 2. The van der Waals surface area contributed by atoms with E-state index in [-0.39, 0.29) is 12.1 Å². The maximum absolute atomic E-state index is 12.7. The lowest BCUT2D eigenvalue weighted by Crippen LogP contribution is -2.46. The number of methoxy groups -OCH3 is 1. The van der Waals surface area contributed by atoms with Crippen LogP contribution in [0.3, 0.4) is 0 Å². The number of hydrogen-bond acceptors (Lipinski definition) is 5. The van der Waals surface area contributed by atoms with Crippen molar-refractivity contribution >= 4 is 11.8 Å². The Bertz CT molecular complexity index is 920. The van der Waals surface area contributed by atoms with E-state index in [1.807, 2.05) is 30.3 Å². The van der Waals surface area contributed by atoms with Crippen molar-refractivity contribution in [2.75, 3.05) is 7.11 Å². The van der Waals surface area contributed by atoms with Crippen LogP contribution in [-0.2, 0) is 11.2 Å². The summed E-state index contributed by atoms with van der Waals surface area (Å²) < 4.78 is 10.5. The molecule has 1 atom stereocenters. The van der Waals surface area contributed by atoms with E-state index in [2.05, 4.69) is 10.3 Å². The first kappa shape index (κ1) is 18.2. The van der Waals surface area contributed by atoms with Crippen LogP contribution in [-0.4, -0.2) is 29.9 Å². The first-order chi connectivity index (χ1) is 13.1. The monoisotopic (exact) mass is 365 g/mol. The minimum absolute atomic E-state index is 0.0829. The Morgan fingerprint density at radius 3 is 2.48 bits per heavy atom. The molecule has 3 aromatic rings. The number of oxazole rings is 1. The van der Waals surface area contributed by atoms with Crippen LogP contribution in [0.4, 0.5) is 0 Å². The molecule has 1 heterocycles. The van der Waals surface area contributed by atoms with Crippen LogP contribution < -0.4 is 15.8 Å². The lowest BCUT2D eigenvalue weighted by molar-refractivity contribution is -0.119. The zero-order valence-corrected chi connectivity index (χ0v) is 14.7. The number of carbonyl (C=O) groups excluding carboxylic acids is 2. The van der Waals surface area contributed by atoms with Crippen molar-refractivity contribution in [3.63, 3.8) is 0 Å². The van der Waals surface area contributed by atoms with E-state index in [1.165, 1.54) is 6.39 Å². The standard InChI is InChI=1S/C20H19N3O4/c1-26-15-9-7-14(8-10-15)18-17(22-12-27-18)20(25)23-16(19(21)24)11-13-5-3-2-4-6-13/h2-10,12,16H,11H2,1H3,(H2,21,24)(H,23,25)/t16-/m0/s1. The second kappa shape index (κ2) is 8.18. The smallest absolute Gasteiger partial charge is 0.274 e. The first-order valence-electron chi connectivity index (χ1n) is 8.30. The number of ether oxygens (including phenoxy) is 1. The summed E-state index contributed by atoms with van der Waals surface area (Å²) in [5.41, 5.74) is 7.09. The fraction of sp³-hybridized carbons (Fsp3) is 0.150. The van der Waals surface area contributed by atoms with Gasteiger partial charge in [-0.2, -0.15) is 0 Å². The van der Waals surface area contributed by atoms with Gasteiger partial charge >= 0.3 is 0 Å². The van der Waals surface area contributed by atoms with E-state index in [0.717, 1.165) is 5.56 Å². The predicted octanol–water partition coefficient (Wildman–Crippen LogP) is 2.18. The summed E-state index contributed by atoms with van der Waals surface area (Å²) >= 11 is 0. The first-order valence-corrected chi connectivity index (χ1v) is 8.30. The molecule has 2 amide bonds. The molecule has 3 rings (SSSR count). The Hall–Kier alpha value is -3.61. The normalized spacial score (nSPS) is 11.6. The molecule has 138 valence electrons. The summed E-state index contributed by atoms with van der Waals surface area (Å²) in [6, 6.07) is 15.5. The zero-order chi connectivity index (χ0) is 19.2. The lowest BCUT2D eigenvalue weighted by atomic mass is 10.0. The molecule has 0 unspecified atom stereocenters. The van der Waals surface area contributed by atoms with Crippen LogP contribution in [0.25, 0.3) is 11.3 Å². The second-order valence-electron chi connectivity index (χ2n) is 5.88. The van der Waals surface area contributed by atoms with Crippen molar-refractivity contribution in [3.05, 3.63) is 72.2 Å². The fourth-order valence-corrected chi connectivity index (χ4v) is 2.65. The average molecular weight is 365 g/mol. The molecule has 0 spiro atoms. The van der Waals surface area contributed by atoms with Crippen molar-refractivity contribution < 1.29 is 18.7 Å². The molecule has 0 saturated heterocycles. The molecule has 1 aromatic heterocycles. The highest BCUT2D eigenvalue weighted by Gasteiger charge is 2.24. The average Bonchev–Trinajstić information content (AvgIpc) is 3.18. The van der Waals surface area contributed by atoms with E-state index in [9.17, 15) is 9.59 Å². The van der Waals surface area contributed by atoms with Crippen LogP contribution >= 0.6 is 0 Å². The van der Waals surface area contributed by atoms with Crippen molar-refractivity contribution in [1.29, 1.82) is 0 Å². The van der Waals surface area contributed by atoms with Gasteiger partial charge in [0, 0.05) is 12.0 Å². The molecule has 0 saturated carbocycles. The third kappa shape index (κ3) is 4.33. The summed E-state index contributed by atoms with van der Waals surface area (Å²) in [5, 5.41) is 2.64. The Morgan fingerprint density at radius 1 is 1.15 bits per heavy atom. The van der Waals surface area contributed by atoms with Crippen molar-refractivity contribution in [2.24, 2.45) is 5.73 Å². The predicted molar refractivity (Wildman–Crippen MR) is 99.1 cm³/mol. The highest BCUT2D eigenvalue weighted by molar-refractivity contribution is 6.00. The highest BCUT2D eigenvalue weighted by atomic mass is 16.5. The molecule has 27 heavy (non-hydrogen) atoms. The fourth-order valence-electron chi connectivity index (χ4n) is 2.65. The zero-order valence-electron chi connectivity index (χ0n) is 14.7. The van der Waals surface area contributed by atoms with E-state index < -0.39 is 17.9 Å². The molecule has 0 radical (unpaired) electrons. The SMILES string of the molecule is COc1ccc(-c2ocnc2C(=O)N[C@@H](Cc2ccccc2)C(N)=O)cc1. The van der Waals surface area contributed by atoms with Gasteiger partial charge in [0.15, 0.2) is 17.8 Å². The number of primary amides is 1. The van der Waals surface area contributed by atoms with Gasteiger partial charge in [-0.05, 0) is 29.8 Å². The van der Waals surface area contributed by atoms with Crippen LogP contribution in [0, 0.1) is 0 Å². The van der Waals surface area contributed by atoms with E-state index in [1.54, 1.807) is 31.4 Å². The molecule has 7 nitrogen and oxygen atoms in total. The van der Waals surface area contributed by atoms with Gasteiger partial charge in [0.1, 0.15) is 11.8 Å². The van der Waals surface area contributed by atoms with Gasteiger partial charge in [0.05, 0.1) is 7.11 Å². The molecule has 0 bridgehead atoms. The van der Waals surface area contributed by atoms with Crippen LogP contribution in [0.15, 0.2) is 65.4 Å². The van der Waals surface area contributed by atoms with Crippen LogP contribution in [0.2, 0.25) is 0 Å². The Morgan fingerprint density at radius 2 is 1.85 bits per heavy atom. The quantitative estimate of drug-likeness (QED) is 0.667. The maximum Gasteiger partial charge on any atom is 0.274 e. The number of aromatic nitrogens is 1. The van der Waals surface area contributed by atoms with Gasteiger partial charge in [0.25, 0.3) is 5.91 Å². The molecule has 3 N–H and O–H groups in total.